The first kappa shape index (κ1) is 22.4. The maximum atomic E-state index is 5.67. The van der Waals surface area contributed by atoms with Gasteiger partial charge in [-0.05, 0) is 56.2 Å². The normalized spacial score (nSPS) is 19.9. The second-order valence-corrected chi connectivity index (χ2v) is 8.63. The first-order valence-electron chi connectivity index (χ1n) is 11.8. The summed E-state index contributed by atoms with van der Waals surface area (Å²) in [6.45, 7) is 14.4. The van der Waals surface area contributed by atoms with Crippen LogP contribution in [0.2, 0.25) is 0 Å². The number of ether oxygens (including phenoxy) is 1. The van der Waals surface area contributed by atoms with Crippen LogP contribution in [0.3, 0.4) is 0 Å². The number of nitrogens with zero attached hydrogens (tertiary/aromatic N) is 5. The molecule has 0 bridgehead atoms. The molecule has 1 aromatic heterocycles. The number of rotatable bonds is 5. The maximum absolute atomic E-state index is 5.67. The van der Waals surface area contributed by atoms with Crippen LogP contribution in [0.4, 0.5) is 11.5 Å². The predicted molar refractivity (Wildman–Crippen MR) is 132 cm³/mol. The van der Waals surface area contributed by atoms with Crippen LogP contribution in [0.25, 0.3) is 0 Å². The van der Waals surface area contributed by atoms with Gasteiger partial charge in [0.2, 0.25) is 0 Å². The number of hydrogen-bond acceptors (Lipinski definition) is 5. The molecule has 0 amide bonds. The first-order valence-corrected chi connectivity index (χ1v) is 11.8. The smallest absolute Gasteiger partial charge is 0.194 e. The number of nitrogens with one attached hydrogen (secondary N) is 1. The second-order valence-electron chi connectivity index (χ2n) is 8.63. The molecule has 1 unspecified atom stereocenters. The topological polar surface area (TPSA) is 56.2 Å². The molecule has 0 spiro atoms. The van der Waals surface area contributed by atoms with E-state index in [1.54, 1.807) is 0 Å². The lowest BCUT2D eigenvalue weighted by Gasteiger charge is -2.37. The molecule has 4 rings (SSSR count). The Morgan fingerprint density at radius 1 is 1.12 bits per heavy atom. The molecule has 1 aromatic carbocycles. The van der Waals surface area contributed by atoms with Gasteiger partial charge in [-0.2, -0.15) is 0 Å². The van der Waals surface area contributed by atoms with Crippen molar-refractivity contribution >= 4 is 17.5 Å². The van der Waals surface area contributed by atoms with E-state index in [-0.39, 0.29) is 6.10 Å². The first-order chi connectivity index (χ1) is 15.6. The molecule has 3 heterocycles. The zero-order valence-electron chi connectivity index (χ0n) is 19.6. The highest BCUT2D eigenvalue weighted by atomic mass is 16.5. The number of hydrogen-bond donors (Lipinski definition) is 1. The van der Waals surface area contributed by atoms with Crippen LogP contribution >= 0.6 is 0 Å². The summed E-state index contributed by atoms with van der Waals surface area (Å²) in [4.78, 5) is 16.7. The van der Waals surface area contributed by atoms with Crippen LogP contribution in [0.5, 0.6) is 0 Å². The lowest BCUT2D eigenvalue weighted by atomic mass is 10.2. The van der Waals surface area contributed by atoms with Crippen LogP contribution in [0, 0.1) is 6.92 Å². The minimum atomic E-state index is 0.242. The minimum absolute atomic E-state index is 0.242. The Bertz CT molecular complexity index is 909. The monoisotopic (exact) mass is 436 g/mol. The number of anilines is 2. The van der Waals surface area contributed by atoms with Gasteiger partial charge in [-0.25, -0.2) is 9.98 Å². The van der Waals surface area contributed by atoms with Crippen molar-refractivity contribution in [3.63, 3.8) is 0 Å². The summed E-state index contributed by atoms with van der Waals surface area (Å²) in [5, 5.41) is 3.48. The molecule has 1 N–H and O–H groups in total. The van der Waals surface area contributed by atoms with Gasteiger partial charge in [0, 0.05) is 57.7 Å². The Balaban J connectivity index is 1.39. The highest BCUT2D eigenvalue weighted by Gasteiger charge is 2.20. The number of aromatic nitrogens is 1. The fraction of sp³-hybridized carbons (Fsp3) is 0.520. The average molecular weight is 437 g/mol. The Morgan fingerprint density at radius 3 is 2.72 bits per heavy atom. The summed E-state index contributed by atoms with van der Waals surface area (Å²) in [5.41, 5.74) is 3.80. The van der Waals surface area contributed by atoms with Crippen LogP contribution in [0.1, 0.15) is 25.0 Å². The largest absolute Gasteiger partial charge is 0.375 e. The van der Waals surface area contributed by atoms with E-state index >= 15 is 0 Å². The number of aryl methyl sites for hydroxylation is 1. The molecule has 2 fully saturated rings. The molecule has 0 radical (unpaired) electrons. The molecule has 0 saturated carbocycles. The second kappa shape index (κ2) is 10.7. The van der Waals surface area contributed by atoms with Crippen molar-refractivity contribution in [1.29, 1.82) is 0 Å². The summed E-state index contributed by atoms with van der Waals surface area (Å²) < 4.78 is 5.67. The third-order valence-corrected chi connectivity index (χ3v) is 6.07. The summed E-state index contributed by atoms with van der Waals surface area (Å²) in [6, 6.07) is 13.0. The number of guanidine groups is 1. The fourth-order valence-electron chi connectivity index (χ4n) is 4.35. The van der Waals surface area contributed by atoms with Gasteiger partial charge in [-0.1, -0.05) is 12.1 Å². The zero-order valence-corrected chi connectivity index (χ0v) is 19.6. The Hall–Kier alpha value is -2.80. The lowest BCUT2D eigenvalue weighted by Crippen LogP contribution is -2.52. The van der Waals surface area contributed by atoms with Crippen LogP contribution in [0.15, 0.2) is 47.6 Å². The molecule has 172 valence electrons. The van der Waals surface area contributed by atoms with E-state index in [1.807, 2.05) is 6.20 Å². The van der Waals surface area contributed by atoms with E-state index in [9.17, 15) is 0 Å². The molecular weight excluding hydrogens is 400 g/mol. The Kier molecular flexibility index (Phi) is 7.47. The molecule has 1 atom stereocenters. The lowest BCUT2D eigenvalue weighted by molar-refractivity contribution is 0.0529. The zero-order chi connectivity index (χ0) is 22.3. The third-order valence-electron chi connectivity index (χ3n) is 6.07. The summed E-state index contributed by atoms with van der Waals surface area (Å²) in [7, 11) is 0. The summed E-state index contributed by atoms with van der Waals surface area (Å²) in [5.74, 6) is 2.01. The molecule has 2 saturated heterocycles. The van der Waals surface area contributed by atoms with E-state index < -0.39 is 0 Å². The van der Waals surface area contributed by atoms with Crippen LogP contribution < -0.4 is 15.1 Å². The van der Waals surface area contributed by atoms with Gasteiger partial charge in [0.1, 0.15) is 5.82 Å². The molecule has 7 nitrogen and oxygen atoms in total. The van der Waals surface area contributed by atoms with E-state index in [2.05, 4.69) is 82.2 Å². The van der Waals surface area contributed by atoms with Gasteiger partial charge in [0.15, 0.2) is 5.96 Å². The standard InChI is InChI=1S/C25H36N6O/c1-4-26-25(30-12-10-29(11-13-30)23-7-5-6-20(2)16-23)28-18-22-8-9-27-24(17-22)31-14-15-32-21(3)19-31/h5-9,16-17,21H,4,10-15,18-19H2,1-3H3,(H,26,28). The van der Waals surface area contributed by atoms with E-state index in [0.29, 0.717) is 6.54 Å². The van der Waals surface area contributed by atoms with Crippen molar-refractivity contribution in [2.75, 3.05) is 62.2 Å². The van der Waals surface area contributed by atoms with Gasteiger partial charge >= 0.3 is 0 Å². The minimum Gasteiger partial charge on any atom is -0.375 e. The van der Waals surface area contributed by atoms with Gasteiger partial charge in [0.05, 0.1) is 19.3 Å². The Labute approximate surface area is 192 Å². The molecule has 7 heteroatoms. The van der Waals surface area contributed by atoms with Crippen LogP contribution in [-0.2, 0) is 11.3 Å². The van der Waals surface area contributed by atoms with Gasteiger partial charge < -0.3 is 24.8 Å². The SMILES string of the molecule is CCNC(=NCc1ccnc(N2CCOC(C)C2)c1)N1CCN(c2cccc(C)c2)CC1. The molecule has 32 heavy (non-hydrogen) atoms. The van der Waals surface area contributed by atoms with Crippen molar-refractivity contribution in [2.45, 2.75) is 33.4 Å². The highest BCUT2D eigenvalue weighted by Crippen LogP contribution is 2.19. The van der Waals surface area contributed by atoms with Gasteiger partial charge in [-0.15, -0.1) is 0 Å². The molecule has 2 aliphatic heterocycles. The van der Waals surface area contributed by atoms with Crippen molar-refractivity contribution in [3.05, 3.63) is 53.7 Å². The maximum Gasteiger partial charge on any atom is 0.194 e. The van der Waals surface area contributed by atoms with E-state index in [0.717, 1.165) is 64.2 Å². The number of benzene rings is 1. The number of pyridine rings is 1. The molecule has 2 aromatic rings. The molecular formula is C25H36N6O. The van der Waals surface area contributed by atoms with Crippen LogP contribution in [-0.4, -0.2) is 74.4 Å². The summed E-state index contributed by atoms with van der Waals surface area (Å²) >= 11 is 0. The van der Waals surface area contributed by atoms with E-state index in [4.69, 9.17) is 9.73 Å². The molecule has 0 aliphatic carbocycles. The third kappa shape index (κ3) is 5.71. The van der Waals surface area contributed by atoms with Crippen molar-refractivity contribution in [2.24, 2.45) is 4.99 Å². The van der Waals surface area contributed by atoms with Crippen molar-refractivity contribution in [1.82, 2.24) is 15.2 Å². The Morgan fingerprint density at radius 2 is 1.97 bits per heavy atom. The molecule has 2 aliphatic rings. The highest BCUT2D eigenvalue weighted by molar-refractivity contribution is 5.80. The van der Waals surface area contributed by atoms with E-state index in [1.165, 1.54) is 16.8 Å². The number of morpholine rings is 1. The fourth-order valence-corrected chi connectivity index (χ4v) is 4.35. The quantitative estimate of drug-likeness (QED) is 0.575. The van der Waals surface area contributed by atoms with Gasteiger partial charge in [0.25, 0.3) is 0 Å². The van der Waals surface area contributed by atoms with Crippen molar-refractivity contribution < 1.29 is 4.74 Å². The summed E-state index contributed by atoms with van der Waals surface area (Å²) in [6.07, 6.45) is 2.14. The predicted octanol–water partition coefficient (Wildman–Crippen LogP) is 2.90. The number of piperazine rings is 1. The average Bonchev–Trinajstić information content (AvgIpc) is 2.82. The van der Waals surface area contributed by atoms with Gasteiger partial charge in [-0.3, -0.25) is 0 Å². The van der Waals surface area contributed by atoms with Crippen molar-refractivity contribution in [3.8, 4) is 0 Å². The number of aliphatic imine (C=N–C) groups is 1.